The summed E-state index contributed by atoms with van der Waals surface area (Å²) in [5.41, 5.74) is 3.58. The first-order chi connectivity index (χ1) is 23.7. The number of hydrogen-bond donors (Lipinski definition) is 4. The molecule has 2 atom stereocenters. The maximum absolute atomic E-state index is 14.0. The number of benzene rings is 2. The monoisotopic (exact) mass is 716 g/mol. The molecule has 2 aromatic carbocycles. The summed E-state index contributed by atoms with van der Waals surface area (Å²) in [6.07, 6.45) is 3.18. The van der Waals surface area contributed by atoms with Gasteiger partial charge in [0.05, 0.1) is 0 Å². The molecule has 2 amide bonds. The van der Waals surface area contributed by atoms with Gasteiger partial charge in [-0.05, 0) is 61.2 Å². The van der Waals surface area contributed by atoms with Gasteiger partial charge in [-0.25, -0.2) is 28.4 Å². The number of aliphatic carboxylic acids is 4. The third-order valence-electron chi connectivity index (χ3n) is 8.51. The van der Waals surface area contributed by atoms with Crippen LogP contribution >= 0.6 is 11.6 Å². The summed E-state index contributed by atoms with van der Waals surface area (Å²) in [5, 5.41) is 32.0. The fourth-order valence-corrected chi connectivity index (χ4v) is 6.33. The average Bonchev–Trinajstić information content (AvgIpc) is 3.62. The summed E-state index contributed by atoms with van der Waals surface area (Å²) in [6, 6.07) is 14.0. The van der Waals surface area contributed by atoms with Gasteiger partial charge in [-0.1, -0.05) is 29.8 Å². The van der Waals surface area contributed by atoms with E-state index in [1.807, 2.05) is 21.9 Å². The van der Waals surface area contributed by atoms with E-state index in [0.29, 0.717) is 30.3 Å². The Morgan fingerprint density at radius 3 is 1.88 bits per heavy atom. The first-order valence-corrected chi connectivity index (χ1v) is 16.4. The molecule has 4 N–H and O–H groups in total. The highest BCUT2D eigenvalue weighted by atomic mass is 35.5. The van der Waals surface area contributed by atoms with E-state index in [2.05, 4.69) is 35.8 Å². The number of fused-ring (bicyclic) bond motifs is 1. The molecule has 2 aromatic rings. The van der Waals surface area contributed by atoms with E-state index in [0.717, 1.165) is 69.4 Å². The maximum atomic E-state index is 14.0. The molecule has 13 nitrogen and oxygen atoms in total. The molecular formula is C35H42ClFN4O9. The summed E-state index contributed by atoms with van der Waals surface area (Å²) in [4.78, 5) is 59.8. The van der Waals surface area contributed by atoms with Gasteiger partial charge in [0.1, 0.15) is 5.82 Å². The Balaban J connectivity index is 0.000000352. The molecule has 0 aromatic heterocycles. The van der Waals surface area contributed by atoms with Gasteiger partial charge in [0, 0.05) is 99.7 Å². The van der Waals surface area contributed by atoms with Crippen molar-refractivity contribution in [3.05, 3.63) is 94.3 Å². The second-order valence-corrected chi connectivity index (χ2v) is 12.5. The zero-order valence-electron chi connectivity index (χ0n) is 27.8. The van der Waals surface area contributed by atoms with Gasteiger partial charge in [-0.15, -0.1) is 0 Å². The SMILES string of the molecule is CC(C)N1CCN(CCN2CCN([C@H]3C[C@H](c4cccc(F)c4)c4cc(Cl)ccc43)CC2)C1=O.O=C(O)/C=C\C(=O)O.O=C(O)/C=C\C(=O)O. The van der Waals surface area contributed by atoms with Crippen LogP contribution in [0.25, 0.3) is 0 Å². The number of amides is 2. The van der Waals surface area contributed by atoms with Crippen LogP contribution in [0, 0.1) is 5.82 Å². The predicted octanol–water partition coefficient (Wildman–Crippen LogP) is 4.24. The highest BCUT2D eigenvalue weighted by molar-refractivity contribution is 6.30. The summed E-state index contributed by atoms with van der Waals surface area (Å²) < 4.78 is 14.0. The van der Waals surface area contributed by atoms with E-state index in [1.54, 1.807) is 12.1 Å². The number of hydrogen-bond acceptors (Lipinski definition) is 7. The Hall–Kier alpha value is -4.79. The quantitative estimate of drug-likeness (QED) is 0.259. The molecule has 1 aliphatic carbocycles. The smallest absolute Gasteiger partial charge is 0.328 e. The lowest BCUT2D eigenvalue weighted by atomic mass is 9.93. The fraction of sp³-hybridized carbons (Fsp3) is 0.400. The van der Waals surface area contributed by atoms with E-state index in [-0.39, 0.29) is 23.8 Å². The normalized spacial score (nSPS) is 19.3. The molecule has 2 aliphatic heterocycles. The summed E-state index contributed by atoms with van der Waals surface area (Å²) in [6.45, 7) is 11.5. The molecule has 270 valence electrons. The molecule has 2 saturated heterocycles. The van der Waals surface area contributed by atoms with Crippen LogP contribution < -0.4 is 0 Å². The van der Waals surface area contributed by atoms with E-state index in [4.69, 9.17) is 32.0 Å². The summed E-state index contributed by atoms with van der Waals surface area (Å²) in [7, 11) is 0. The number of piperazine rings is 1. The minimum absolute atomic E-state index is 0.164. The predicted molar refractivity (Wildman–Crippen MR) is 183 cm³/mol. The zero-order valence-corrected chi connectivity index (χ0v) is 28.6. The molecule has 2 heterocycles. The van der Waals surface area contributed by atoms with Gasteiger partial charge in [0.2, 0.25) is 0 Å². The van der Waals surface area contributed by atoms with Crippen LogP contribution in [-0.4, -0.2) is 128 Å². The Morgan fingerprint density at radius 1 is 0.800 bits per heavy atom. The van der Waals surface area contributed by atoms with Gasteiger partial charge in [0.15, 0.2) is 0 Å². The molecule has 2 fully saturated rings. The molecule has 0 saturated carbocycles. The number of carboxylic acid groups (broad SMARTS) is 4. The number of carbonyl (C=O) groups excluding carboxylic acids is 1. The lowest BCUT2D eigenvalue weighted by Crippen LogP contribution is -2.49. The molecule has 0 radical (unpaired) electrons. The second-order valence-electron chi connectivity index (χ2n) is 12.1. The Morgan fingerprint density at radius 2 is 1.38 bits per heavy atom. The number of urea groups is 1. The number of carbonyl (C=O) groups is 5. The number of halogens is 2. The molecule has 0 unspecified atom stereocenters. The van der Waals surface area contributed by atoms with Crippen LogP contribution in [-0.2, 0) is 19.2 Å². The van der Waals surface area contributed by atoms with Crippen molar-refractivity contribution in [1.29, 1.82) is 0 Å². The second kappa shape index (κ2) is 18.8. The Kier molecular flexibility index (Phi) is 14.9. The van der Waals surface area contributed by atoms with Gasteiger partial charge >= 0.3 is 29.9 Å². The van der Waals surface area contributed by atoms with E-state index >= 15 is 0 Å². The fourth-order valence-electron chi connectivity index (χ4n) is 6.15. The van der Waals surface area contributed by atoms with Gasteiger partial charge in [0.25, 0.3) is 0 Å². The Bertz CT molecular complexity index is 1530. The topological polar surface area (TPSA) is 179 Å². The maximum Gasteiger partial charge on any atom is 0.328 e. The number of rotatable bonds is 10. The van der Waals surface area contributed by atoms with Gasteiger partial charge in [-0.3, -0.25) is 9.80 Å². The highest BCUT2D eigenvalue weighted by Gasteiger charge is 2.37. The lowest BCUT2D eigenvalue weighted by Gasteiger charge is -2.39. The van der Waals surface area contributed by atoms with Crippen molar-refractivity contribution in [3.63, 3.8) is 0 Å². The van der Waals surface area contributed by atoms with E-state index in [9.17, 15) is 28.4 Å². The van der Waals surface area contributed by atoms with Gasteiger partial charge in [-0.2, -0.15) is 0 Å². The molecule has 5 rings (SSSR count). The van der Waals surface area contributed by atoms with Crippen LogP contribution in [0.15, 0.2) is 66.8 Å². The molecule has 15 heteroatoms. The van der Waals surface area contributed by atoms with Crippen LogP contribution in [0.5, 0.6) is 0 Å². The lowest BCUT2D eigenvalue weighted by molar-refractivity contribution is -0.134. The largest absolute Gasteiger partial charge is 0.478 e. The third-order valence-corrected chi connectivity index (χ3v) is 8.75. The average molecular weight is 717 g/mol. The highest BCUT2D eigenvalue weighted by Crippen LogP contribution is 2.47. The van der Waals surface area contributed by atoms with Crippen molar-refractivity contribution in [1.82, 2.24) is 19.6 Å². The summed E-state index contributed by atoms with van der Waals surface area (Å²) >= 11 is 6.36. The molecule has 0 bridgehead atoms. The van der Waals surface area contributed by atoms with Crippen LogP contribution in [0.1, 0.15) is 48.9 Å². The van der Waals surface area contributed by atoms with Crippen molar-refractivity contribution in [3.8, 4) is 0 Å². The van der Waals surface area contributed by atoms with Crippen molar-refractivity contribution in [2.24, 2.45) is 0 Å². The zero-order chi connectivity index (χ0) is 37.0. The van der Waals surface area contributed by atoms with E-state index < -0.39 is 23.9 Å². The third kappa shape index (κ3) is 12.0. The molecular weight excluding hydrogens is 675 g/mol. The van der Waals surface area contributed by atoms with Gasteiger partial charge < -0.3 is 30.2 Å². The molecule has 50 heavy (non-hydrogen) atoms. The van der Waals surface area contributed by atoms with Crippen LogP contribution in [0.2, 0.25) is 5.02 Å². The summed E-state index contributed by atoms with van der Waals surface area (Å²) in [5.74, 6) is -5.05. The number of nitrogens with zero attached hydrogens (tertiary/aromatic N) is 4. The van der Waals surface area contributed by atoms with Crippen molar-refractivity contribution in [2.45, 2.75) is 38.3 Å². The minimum atomic E-state index is -1.26. The van der Waals surface area contributed by atoms with Crippen LogP contribution in [0.4, 0.5) is 9.18 Å². The van der Waals surface area contributed by atoms with Crippen molar-refractivity contribution < 1.29 is 48.8 Å². The first kappa shape index (κ1) is 39.6. The molecule has 0 spiro atoms. The first-order valence-electron chi connectivity index (χ1n) is 16.0. The van der Waals surface area contributed by atoms with Crippen molar-refractivity contribution in [2.75, 3.05) is 52.4 Å². The van der Waals surface area contributed by atoms with Crippen molar-refractivity contribution >= 4 is 41.5 Å². The minimum Gasteiger partial charge on any atom is -0.478 e. The Labute approximate surface area is 294 Å². The molecule has 3 aliphatic rings. The van der Waals surface area contributed by atoms with E-state index in [1.165, 1.54) is 17.2 Å². The number of carboxylic acids is 4. The van der Waals surface area contributed by atoms with Crippen LogP contribution in [0.3, 0.4) is 0 Å². The standard InChI is InChI=1S/C27H34ClFN4O.2C4H4O4/c1-19(2)33-15-14-32(27(33)34)13-10-30-8-11-31(12-9-30)26-18-24(20-4-3-5-22(29)16-20)25-17-21(28)6-7-23(25)26;2*5-3(6)1-2-4(7)8/h3-7,16-17,19,24,26H,8-15,18H2,1-2H3;2*1-2H,(H,5,6)(H,7,8)/b;2*2-1-/t24-,26+;;/m1../s1.